The molecule has 0 fully saturated rings. The van der Waals surface area contributed by atoms with Crippen LogP contribution < -0.4 is 11.1 Å². The molecule has 102 valence electrons. The second-order valence-electron chi connectivity index (χ2n) is 4.61. The molecule has 0 bridgehead atoms. The van der Waals surface area contributed by atoms with Crippen molar-refractivity contribution in [3.8, 4) is 0 Å². The zero-order valence-corrected chi connectivity index (χ0v) is 11.9. The highest BCUT2D eigenvalue weighted by molar-refractivity contribution is 7.18. The number of aromatic nitrogens is 2. The number of anilines is 2. The molecular weight excluding hydrogens is 260 g/mol. The number of carbonyl (C=O) groups excluding carboxylic acids is 1. The van der Waals surface area contributed by atoms with Crippen LogP contribution in [0.3, 0.4) is 0 Å². The third-order valence-corrected chi connectivity index (χ3v) is 3.83. The molecule has 0 aliphatic heterocycles. The lowest BCUT2D eigenvalue weighted by atomic mass is 10.1. The van der Waals surface area contributed by atoms with Crippen molar-refractivity contribution in [3.63, 3.8) is 0 Å². The van der Waals surface area contributed by atoms with Crippen LogP contribution in [0.15, 0.2) is 24.5 Å². The summed E-state index contributed by atoms with van der Waals surface area (Å²) in [6.45, 7) is 5.29. The standard InChI is InChI=1S/C13H18N4OS/c1-9(2)12(18)13-10(14)8-11(19-13)15-5-7-17-6-3-4-16-17/h3-4,6,8-9,15H,5,7,14H2,1-2H3. The number of nitrogens with one attached hydrogen (secondary N) is 1. The van der Waals surface area contributed by atoms with E-state index in [-0.39, 0.29) is 11.7 Å². The molecule has 0 aromatic carbocycles. The summed E-state index contributed by atoms with van der Waals surface area (Å²) < 4.78 is 1.85. The molecule has 0 radical (unpaired) electrons. The fourth-order valence-electron chi connectivity index (χ4n) is 1.67. The van der Waals surface area contributed by atoms with Crippen LogP contribution in [0.25, 0.3) is 0 Å². The van der Waals surface area contributed by atoms with E-state index in [4.69, 9.17) is 5.73 Å². The molecule has 2 aromatic rings. The Balaban J connectivity index is 1.94. The molecule has 2 aromatic heterocycles. The summed E-state index contributed by atoms with van der Waals surface area (Å²) in [5.41, 5.74) is 6.44. The van der Waals surface area contributed by atoms with Gasteiger partial charge in [0, 0.05) is 24.9 Å². The molecule has 2 heterocycles. The van der Waals surface area contributed by atoms with Crippen LogP contribution in [-0.4, -0.2) is 22.1 Å². The summed E-state index contributed by atoms with van der Waals surface area (Å²) in [5, 5.41) is 8.31. The molecule has 0 saturated heterocycles. The van der Waals surface area contributed by atoms with Crippen molar-refractivity contribution in [1.29, 1.82) is 0 Å². The molecule has 0 spiro atoms. The number of nitrogens with zero attached hydrogens (tertiary/aromatic N) is 2. The molecule has 2 rings (SSSR count). The van der Waals surface area contributed by atoms with Gasteiger partial charge in [0.25, 0.3) is 0 Å². The highest BCUT2D eigenvalue weighted by atomic mass is 32.1. The first-order chi connectivity index (χ1) is 9.08. The Morgan fingerprint density at radius 2 is 2.37 bits per heavy atom. The first-order valence-corrected chi connectivity index (χ1v) is 7.04. The van der Waals surface area contributed by atoms with Gasteiger partial charge in [-0.3, -0.25) is 9.48 Å². The maximum atomic E-state index is 11.9. The number of thiophene rings is 1. The highest BCUT2D eigenvalue weighted by Crippen LogP contribution is 2.30. The predicted octanol–water partition coefficient (Wildman–Crippen LogP) is 2.48. The Labute approximate surface area is 116 Å². The van der Waals surface area contributed by atoms with E-state index < -0.39 is 0 Å². The van der Waals surface area contributed by atoms with Gasteiger partial charge in [-0.1, -0.05) is 13.8 Å². The molecule has 3 N–H and O–H groups in total. The van der Waals surface area contributed by atoms with Gasteiger partial charge in [-0.05, 0) is 12.1 Å². The minimum atomic E-state index is -0.0297. The second-order valence-corrected chi connectivity index (χ2v) is 5.66. The monoisotopic (exact) mass is 278 g/mol. The average molecular weight is 278 g/mol. The van der Waals surface area contributed by atoms with Gasteiger partial charge in [-0.25, -0.2) is 0 Å². The van der Waals surface area contributed by atoms with Crippen LogP contribution in [0, 0.1) is 5.92 Å². The van der Waals surface area contributed by atoms with E-state index in [2.05, 4.69) is 10.4 Å². The van der Waals surface area contributed by atoms with E-state index in [9.17, 15) is 4.79 Å². The van der Waals surface area contributed by atoms with Gasteiger partial charge in [0.05, 0.1) is 22.1 Å². The minimum absolute atomic E-state index is 0.0297. The first-order valence-electron chi connectivity index (χ1n) is 6.22. The largest absolute Gasteiger partial charge is 0.397 e. The van der Waals surface area contributed by atoms with Crippen LogP contribution in [-0.2, 0) is 6.54 Å². The Kier molecular flexibility index (Phi) is 4.21. The Morgan fingerprint density at radius 3 is 3.00 bits per heavy atom. The van der Waals surface area contributed by atoms with Crippen molar-refractivity contribution in [2.75, 3.05) is 17.6 Å². The zero-order chi connectivity index (χ0) is 13.8. The molecule has 0 saturated carbocycles. The Hall–Kier alpha value is -1.82. The van der Waals surface area contributed by atoms with Gasteiger partial charge in [0.1, 0.15) is 0 Å². The zero-order valence-electron chi connectivity index (χ0n) is 11.1. The number of hydrogen-bond donors (Lipinski definition) is 2. The fourth-order valence-corrected chi connectivity index (χ4v) is 2.77. The quantitative estimate of drug-likeness (QED) is 0.796. The molecule has 19 heavy (non-hydrogen) atoms. The third-order valence-electron chi connectivity index (χ3n) is 2.71. The van der Waals surface area contributed by atoms with Crippen LogP contribution in [0.4, 0.5) is 10.7 Å². The van der Waals surface area contributed by atoms with Crippen molar-refractivity contribution >= 4 is 27.8 Å². The van der Waals surface area contributed by atoms with Crippen LogP contribution >= 0.6 is 11.3 Å². The normalized spacial score (nSPS) is 10.9. The lowest BCUT2D eigenvalue weighted by Gasteiger charge is -2.03. The summed E-state index contributed by atoms with van der Waals surface area (Å²) in [5.74, 6) is 0.0699. The van der Waals surface area contributed by atoms with Crippen molar-refractivity contribution < 1.29 is 4.79 Å². The van der Waals surface area contributed by atoms with Crippen molar-refractivity contribution in [2.24, 2.45) is 5.92 Å². The molecule has 0 atom stereocenters. The van der Waals surface area contributed by atoms with Gasteiger partial charge < -0.3 is 11.1 Å². The summed E-state index contributed by atoms with van der Waals surface area (Å²) >= 11 is 1.42. The smallest absolute Gasteiger partial charge is 0.177 e. The SMILES string of the molecule is CC(C)C(=O)c1sc(NCCn2cccn2)cc1N. The van der Waals surface area contributed by atoms with Gasteiger partial charge in [-0.15, -0.1) is 11.3 Å². The maximum Gasteiger partial charge on any atom is 0.177 e. The van der Waals surface area contributed by atoms with E-state index in [1.165, 1.54) is 11.3 Å². The Morgan fingerprint density at radius 1 is 1.58 bits per heavy atom. The van der Waals surface area contributed by atoms with Gasteiger partial charge >= 0.3 is 0 Å². The number of nitrogens with two attached hydrogens (primary N) is 1. The molecule has 6 heteroatoms. The van der Waals surface area contributed by atoms with Crippen LogP contribution in [0.5, 0.6) is 0 Å². The van der Waals surface area contributed by atoms with Crippen molar-refractivity contribution in [1.82, 2.24) is 9.78 Å². The number of ketones is 1. The van der Waals surface area contributed by atoms with Gasteiger partial charge in [0.15, 0.2) is 5.78 Å². The molecule has 0 unspecified atom stereocenters. The summed E-state index contributed by atoms with van der Waals surface area (Å²) in [7, 11) is 0. The van der Waals surface area contributed by atoms with Crippen LogP contribution in [0.2, 0.25) is 0 Å². The Bertz CT molecular complexity index is 545. The second kappa shape index (κ2) is 5.88. The maximum absolute atomic E-state index is 11.9. The number of nitrogen functional groups attached to an aromatic ring is 1. The summed E-state index contributed by atoms with van der Waals surface area (Å²) in [6.07, 6.45) is 3.67. The average Bonchev–Trinajstić information content (AvgIpc) is 2.98. The summed E-state index contributed by atoms with van der Waals surface area (Å²) in [6, 6.07) is 3.71. The molecule has 0 aliphatic rings. The highest BCUT2D eigenvalue weighted by Gasteiger charge is 2.17. The van der Waals surface area contributed by atoms with Crippen LogP contribution in [0.1, 0.15) is 23.5 Å². The molecule has 0 aliphatic carbocycles. The molecule has 5 nitrogen and oxygen atoms in total. The number of hydrogen-bond acceptors (Lipinski definition) is 5. The topological polar surface area (TPSA) is 72.9 Å². The number of Topliss-reactive ketones (excluding diaryl/α,β-unsaturated/α-hetero) is 1. The van der Waals surface area contributed by atoms with Crippen molar-refractivity contribution in [2.45, 2.75) is 20.4 Å². The molecular formula is C13H18N4OS. The fraction of sp³-hybridized carbons (Fsp3) is 0.385. The first kappa shape index (κ1) is 13.6. The van der Waals surface area contributed by atoms with E-state index in [0.717, 1.165) is 18.1 Å². The lowest BCUT2D eigenvalue weighted by molar-refractivity contribution is 0.0944. The summed E-state index contributed by atoms with van der Waals surface area (Å²) in [4.78, 5) is 12.6. The number of carbonyl (C=O) groups is 1. The molecule has 0 amide bonds. The lowest BCUT2D eigenvalue weighted by Crippen LogP contribution is -2.09. The van der Waals surface area contributed by atoms with Gasteiger partial charge in [0.2, 0.25) is 0 Å². The van der Waals surface area contributed by atoms with Gasteiger partial charge in [-0.2, -0.15) is 5.10 Å². The minimum Gasteiger partial charge on any atom is -0.397 e. The van der Waals surface area contributed by atoms with E-state index in [1.54, 1.807) is 6.20 Å². The van der Waals surface area contributed by atoms with E-state index in [1.807, 2.05) is 36.9 Å². The van der Waals surface area contributed by atoms with E-state index in [0.29, 0.717) is 10.6 Å². The van der Waals surface area contributed by atoms with E-state index >= 15 is 0 Å². The number of rotatable bonds is 6. The predicted molar refractivity (Wildman–Crippen MR) is 78.6 cm³/mol. The third kappa shape index (κ3) is 3.35. The van der Waals surface area contributed by atoms with Crippen molar-refractivity contribution in [3.05, 3.63) is 29.4 Å².